The molecule has 0 bridgehead atoms. The van der Waals surface area contributed by atoms with Gasteiger partial charge in [0.25, 0.3) is 0 Å². The van der Waals surface area contributed by atoms with Crippen LogP contribution in [0.5, 0.6) is 0 Å². The van der Waals surface area contributed by atoms with Crippen molar-refractivity contribution in [3.05, 3.63) is 34.3 Å². The van der Waals surface area contributed by atoms with Gasteiger partial charge in [0.05, 0.1) is 6.42 Å². The minimum Gasteiger partial charge on any atom is -0.481 e. The number of hydrogen-bond acceptors (Lipinski definition) is 2. The second kappa shape index (κ2) is 6.72. The normalized spacial score (nSPS) is 18.1. The Balaban J connectivity index is 2.16. The molecule has 1 fully saturated rings. The highest BCUT2D eigenvalue weighted by Crippen LogP contribution is 2.37. The fraction of sp³-hybridized carbons (Fsp3) is 0.562. The number of hydrogen-bond donors (Lipinski definition) is 1. The van der Waals surface area contributed by atoms with Crippen LogP contribution in [0.3, 0.4) is 0 Å². The van der Waals surface area contributed by atoms with E-state index in [1.54, 1.807) is 0 Å². The molecule has 1 saturated carbocycles. The van der Waals surface area contributed by atoms with Crippen molar-refractivity contribution in [3.63, 3.8) is 0 Å². The van der Waals surface area contributed by atoms with Crippen LogP contribution in [-0.4, -0.2) is 28.6 Å². The molecule has 0 amide bonds. The van der Waals surface area contributed by atoms with Gasteiger partial charge in [-0.3, -0.25) is 9.69 Å². The summed E-state index contributed by atoms with van der Waals surface area (Å²) in [4.78, 5) is 13.5. The molecule has 0 radical (unpaired) electrons. The lowest BCUT2D eigenvalue weighted by Crippen LogP contribution is -2.49. The smallest absolute Gasteiger partial charge is 0.305 e. The molecule has 110 valence electrons. The zero-order valence-corrected chi connectivity index (χ0v) is 13.5. The number of aliphatic carboxylic acids is 1. The molecule has 1 aromatic rings. The van der Waals surface area contributed by atoms with Crippen LogP contribution in [0.1, 0.15) is 44.1 Å². The lowest BCUT2D eigenvalue weighted by Gasteiger charge is -2.44. The second-order valence-electron chi connectivity index (χ2n) is 5.80. The lowest BCUT2D eigenvalue weighted by molar-refractivity contribution is -0.141. The minimum absolute atomic E-state index is 0.181. The summed E-state index contributed by atoms with van der Waals surface area (Å²) in [5.41, 5.74) is 1.03. The Labute approximate surface area is 129 Å². The topological polar surface area (TPSA) is 40.5 Å². The van der Waals surface area contributed by atoms with Crippen LogP contribution in [0.2, 0.25) is 0 Å². The molecule has 0 atom stereocenters. The van der Waals surface area contributed by atoms with Crippen LogP contribution in [0.15, 0.2) is 28.7 Å². The highest BCUT2D eigenvalue weighted by atomic mass is 79.9. The first-order valence-corrected chi connectivity index (χ1v) is 7.99. The summed E-state index contributed by atoms with van der Waals surface area (Å²) >= 11 is 3.57. The number of carbonyl (C=O) groups is 1. The van der Waals surface area contributed by atoms with Gasteiger partial charge >= 0.3 is 5.97 Å². The Kier molecular flexibility index (Phi) is 5.22. The van der Waals surface area contributed by atoms with E-state index in [0.717, 1.165) is 36.7 Å². The maximum absolute atomic E-state index is 11.3. The number of halogens is 1. The standard InChI is InChI=1S/C16H22BrNO2/c1-18(12-13-7-3-4-8-14(13)17)16(11-15(19)20)9-5-2-6-10-16/h3-4,7-8H,2,5-6,9-12H2,1H3,(H,19,20). The Morgan fingerprint density at radius 3 is 2.55 bits per heavy atom. The second-order valence-corrected chi connectivity index (χ2v) is 6.66. The molecule has 0 spiro atoms. The monoisotopic (exact) mass is 339 g/mol. The van der Waals surface area contributed by atoms with Crippen LogP contribution in [-0.2, 0) is 11.3 Å². The largest absolute Gasteiger partial charge is 0.481 e. The van der Waals surface area contributed by atoms with E-state index in [1.807, 2.05) is 18.2 Å². The van der Waals surface area contributed by atoms with E-state index in [9.17, 15) is 9.90 Å². The van der Waals surface area contributed by atoms with E-state index in [2.05, 4.69) is 33.9 Å². The third-order valence-electron chi connectivity index (χ3n) is 4.44. The number of rotatable bonds is 5. The summed E-state index contributed by atoms with van der Waals surface area (Å²) in [6, 6.07) is 8.16. The minimum atomic E-state index is -0.689. The average molecular weight is 340 g/mol. The van der Waals surface area contributed by atoms with Gasteiger partial charge in [0.1, 0.15) is 0 Å². The first-order chi connectivity index (χ1) is 9.53. The third kappa shape index (κ3) is 3.61. The van der Waals surface area contributed by atoms with E-state index < -0.39 is 5.97 Å². The molecule has 1 N–H and O–H groups in total. The SMILES string of the molecule is CN(Cc1ccccc1Br)C1(CC(=O)O)CCCCC1. The lowest BCUT2D eigenvalue weighted by atomic mass is 9.78. The van der Waals surface area contributed by atoms with Gasteiger partial charge in [0.15, 0.2) is 0 Å². The van der Waals surface area contributed by atoms with Gasteiger partial charge in [0, 0.05) is 16.6 Å². The third-order valence-corrected chi connectivity index (χ3v) is 5.21. The zero-order chi connectivity index (χ0) is 14.6. The van der Waals surface area contributed by atoms with Crippen molar-refractivity contribution in [2.75, 3.05) is 7.05 Å². The summed E-state index contributed by atoms with van der Waals surface area (Å²) in [7, 11) is 2.06. The van der Waals surface area contributed by atoms with Crippen molar-refractivity contribution in [2.24, 2.45) is 0 Å². The fourth-order valence-corrected chi connectivity index (χ4v) is 3.64. The number of benzene rings is 1. The molecule has 4 heteroatoms. The predicted molar refractivity (Wildman–Crippen MR) is 83.7 cm³/mol. The van der Waals surface area contributed by atoms with Gasteiger partial charge in [-0.05, 0) is 31.5 Å². The van der Waals surface area contributed by atoms with E-state index in [4.69, 9.17) is 0 Å². The Hall–Kier alpha value is -0.870. The molecule has 2 rings (SSSR count). The molecule has 0 heterocycles. The predicted octanol–water partition coefficient (Wildman–Crippen LogP) is 4.06. The van der Waals surface area contributed by atoms with Gasteiger partial charge in [0.2, 0.25) is 0 Å². The highest BCUT2D eigenvalue weighted by Gasteiger charge is 2.38. The molecule has 20 heavy (non-hydrogen) atoms. The summed E-state index contributed by atoms with van der Waals surface area (Å²) in [5.74, 6) is -0.689. The van der Waals surface area contributed by atoms with Crippen molar-refractivity contribution >= 4 is 21.9 Å². The van der Waals surface area contributed by atoms with Crippen molar-refractivity contribution < 1.29 is 9.90 Å². The van der Waals surface area contributed by atoms with E-state index in [1.165, 1.54) is 12.0 Å². The van der Waals surface area contributed by atoms with Crippen molar-refractivity contribution in [1.82, 2.24) is 4.90 Å². The van der Waals surface area contributed by atoms with Crippen LogP contribution < -0.4 is 0 Å². The molecule has 1 aromatic carbocycles. The van der Waals surface area contributed by atoms with Crippen LogP contribution in [0.4, 0.5) is 0 Å². The zero-order valence-electron chi connectivity index (χ0n) is 11.9. The summed E-state index contributed by atoms with van der Waals surface area (Å²) < 4.78 is 1.09. The molecule has 0 unspecified atom stereocenters. The Morgan fingerprint density at radius 2 is 1.95 bits per heavy atom. The first-order valence-electron chi connectivity index (χ1n) is 7.20. The van der Waals surface area contributed by atoms with E-state index in [0.29, 0.717) is 0 Å². The van der Waals surface area contributed by atoms with Crippen molar-refractivity contribution in [1.29, 1.82) is 0 Å². The number of nitrogens with zero attached hydrogens (tertiary/aromatic N) is 1. The van der Waals surface area contributed by atoms with Gasteiger partial charge in [-0.15, -0.1) is 0 Å². The van der Waals surface area contributed by atoms with E-state index >= 15 is 0 Å². The molecular weight excluding hydrogens is 318 g/mol. The molecule has 1 aliphatic carbocycles. The molecule has 0 aliphatic heterocycles. The average Bonchev–Trinajstić information content (AvgIpc) is 2.41. The molecular formula is C16H22BrNO2. The van der Waals surface area contributed by atoms with Crippen LogP contribution in [0.25, 0.3) is 0 Å². The van der Waals surface area contributed by atoms with Crippen LogP contribution in [0, 0.1) is 0 Å². The maximum Gasteiger partial charge on any atom is 0.305 e. The van der Waals surface area contributed by atoms with E-state index in [-0.39, 0.29) is 12.0 Å². The molecule has 1 aliphatic rings. The van der Waals surface area contributed by atoms with Crippen LogP contribution >= 0.6 is 15.9 Å². The number of carboxylic acids is 1. The van der Waals surface area contributed by atoms with Gasteiger partial charge in [-0.2, -0.15) is 0 Å². The van der Waals surface area contributed by atoms with Gasteiger partial charge < -0.3 is 5.11 Å². The Morgan fingerprint density at radius 1 is 1.30 bits per heavy atom. The van der Waals surface area contributed by atoms with Crippen molar-refractivity contribution in [2.45, 2.75) is 50.6 Å². The maximum atomic E-state index is 11.3. The Bertz CT molecular complexity index is 469. The quantitative estimate of drug-likeness (QED) is 0.879. The molecule has 0 saturated heterocycles. The molecule has 3 nitrogen and oxygen atoms in total. The fourth-order valence-electron chi connectivity index (χ4n) is 3.23. The van der Waals surface area contributed by atoms with Gasteiger partial charge in [-0.1, -0.05) is 53.4 Å². The first kappa shape index (κ1) is 15.5. The molecule has 0 aromatic heterocycles. The number of carboxylic acid groups (broad SMARTS) is 1. The summed E-state index contributed by atoms with van der Waals surface area (Å²) in [5, 5.41) is 9.26. The van der Waals surface area contributed by atoms with Crippen molar-refractivity contribution in [3.8, 4) is 0 Å². The summed E-state index contributed by atoms with van der Waals surface area (Å²) in [6.45, 7) is 0.786. The van der Waals surface area contributed by atoms with Gasteiger partial charge in [-0.25, -0.2) is 0 Å². The summed E-state index contributed by atoms with van der Waals surface area (Å²) in [6.07, 6.45) is 5.71. The highest BCUT2D eigenvalue weighted by molar-refractivity contribution is 9.10.